The first kappa shape index (κ1) is 16.7. The van der Waals surface area contributed by atoms with Crippen molar-refractivity contribution in [1.29, 1.82) is 0 Å². The number of hydrogen-bond acceptors (Lipinski definition) is 4. The van der Waals surface area contributed by atoms with Crippen LogP contribution in [0, 0.1) is 6.92 Å². The molecule has 0 radical (unpaired) electrons. The zero-order chi connectivity index (χ0) is 18.0. The highest BCUT2D eigenvalue weighted by Crippen LogP contribution is 2.19. The summed E-state index contributed by atoms with van der Waals surface area (Å²) in [7, 11) is 0. The Morgan fingerprint density at radius 2 is 1.92 bits per heavy atom. The third-order valence-electron chi connectivity index (χ3n) is 4.12. The summed E-state index contributed by atoms with van der Waals surface area (Å²) in [6.07, 6.45) is 0. The van der Waals surface area contributed by atoms with E-state index in [1.165, 1.54) is 0 Å². The molecule has 0 atom stereocenters. The van der Waals surface area contributed by atoms with Crippen LogP contribution in [-0.4, -0.2) is 27.6 Å². The number of carboxylic acid groups (broad SMARTS) is 1. The third-order valence-corrected chi connectivity index (χ3v) is 4.12. The highest BCUT2D eigenvalue weighted by molar-refractivity contribution is 5.88. The Morgan fingerprint density at radius 1 is 1.20 bits per heavy atom. The Hall–Kier alpha value is -3.15. The topological polar surface area (TPSA) is 86.3 Å². The van der Waals surface area contributed by atoms with Crippen LogP contribution in [0.5, 0.6) is 0 Å². The largest absolute Gasteiger partial charge is 0.478 e. The van der Waals surface area contributed by atoms with Crippen molar-refractivity contribution in [3.63, 3.8) is 0 Å². The van der Waals surface area contributed by atoms with Gasteiger partial charge in [-0.05, 0) is 55.8 Å². The van der Waals surface area contributed by atoms with Gasteiger partial charge in [0.05, 0.1) is 16.5 Å². The van der Waals surface area contributed by atoms with E-state index in [0.717, 1.165) is 17.8 Å². The molecule has 0 aliphatic rings. The number of carbonyl (C=O) groups is 1. The standard InChI is InChI=1S/C19H19N3O3/c1-3-22(15-7-5-14(6-8-15)19(24)25)11-13-4-9-17-16(10-13)18(23)21-12(2)20-17/h4-10H,3,11H2,1-2H3,(H,24,25)(H,20,21,23). The first-order valence-corrected chi connectivity index (χ1v) is 8.06. The lowest BCUT2D eigenvalue weighted by molar-refractivity contribution is 0.0697. The van der Waals surface area contributed by atoms with Crippen molar-refractivity contribution < 1.29 is 9.90 Å². The summed E-state index contributed by atoms with van der Waals surface area (Å²) in [6.45, 7) is 5.16. The van der Waals surface area contributed by atoms with Gasteiger partial charge in [0.25, 0.3) is 5.56 Å². The Bertz CT molecular complexity index is 977. The van der Waals surface area contributed by atoms with Gasteiger partial charge in [-0.2, -0.15) is 0 Å². The van der Waals surface area contributed by atoms with Crippen molar-refractivity contribution in [3.05, 3.63) is 69.8 Å². The van der Waals surface area contributed by atoms with Crippen molar-refractivity contribution in [3.8, 4) is 0 Å². The number of anilines is 1. The monoisotopic (exact) mass is 337 g/mol. The number of fused-ring (bicyclic) bond motifs is 1. The Labute approximate surface area is 144 Å². The van der Waals surface area contributed by atoms with Gasteiger partial charge in [0, 0.05) is 18.8 Å². The van der Waals surface area contributed by atoms with Crippen LogP contribution in [0.1, 0.15) is 28.7 Å². The summed E-state index contributed by atoms with van der Waals surface area (Å²) < 4.78 is 0. The average molecular weight is 337 g/mol. The van der Waals surface area contributed by atoms with Crippen molar-refractivity contribution in [1.82, 2.24) is 9.97 Å². The molecule has 0 aliphatic carbocycles. The zero-order valence-electron chi connectivity index (χ0n) is 14.1. The van der Waals surface area contributed by atoms with Gasteiger partial charge in [0.15, 0.2) is 0 Å². The second-order valence-corrected chi connectivity index (χ2v) is 5.87. The molecule has 25 heavy (non-hydrogen) atoms. The van der Waals surface area contributed by atoms with E-state index < -0.39 is 5.97 Å². The summed E-state index contributed by atoms with van der Waals surface area (Å²) in [6, 6.07) is 12.5. The minimum Gasteiger partial charge on any atom is -0.478 e. The van der Waals surface area contributed by atoms with Crippen LogP contribution >= 0.6 is 0 Å². The van der Waals surface area contributed by atoms with Crippen LogP contribution in [0.4, 0.5) is 5.69 Å². The van der Waals surface area contributed by atoms with Gasteiger partial charge >= 0.3 is 5.97 Å². The average Bonchev–Trinajstić information content (AvgIpc) is 2.60. The van der Waals surface area contributed by atoms with Gasteiger partial charge in [-0.1, -0.05) is 6.07 Å². The van der Waals surface area contributed by atoms with E-state index >= 15 is 0 Å². The number of nitrogens with one attached hydrogen (secondary N) is 1. The molecule has 1 aromatic heterocycles. The van der Waals surface area contributed by atoms with E-state index in [1.807, 2.05) is 25.1 Å². The van der Waals surface area contributed by atoms with E-state index in [4.69, 9.17) is 5.11 Å². The normalized spacial score (nSPS) is 10.8. The lowest BCUT2D eigenvalue weighted by Crippen LogP contribution is -2.22. The summed E-state index contributed by atoms with van der Waals surface area (Å²) in [5, 5.41) is 9.57. The number of aromatic nitrogens is 2. The summed E-state index contributed by atoms with van der Waals surface area (Å²) in [4.78, 5) is 32.3. The molecule has 1 heterocycles. The highest BCUT2D eigenvalue weighted by Gasteiger charge is 2.09. The molecule has 0 unspecified atom stereocenters. The van der Waals surface area contributed by atoms with Crippen molar-refractivity contribution in [2.45, 2.75) is 20.4 Å². The lowest BCUT2D eigenvalue weighted by atomic mass is 10.1. The highest BCUT2D eigenvalue weighted by atomic mass is 16.4. The first-order valence-electron chi connectivity index (χ1n) is 8.06. The predicted molar refractivity (Wildman–Crippen MR) is 97.2 cm³/mol. The molecule has 6 heteroatoms. The predicted octanol–water partition coefficient (Wildman–Crippen LogP) is 2.96. The summed E-state index contributed by atoms with van der Waals surface area (Å²) in [5.41, 5.74) is 2.73. The van der Waals surface area contributed by atoms with Crippen LogP contribution in [-0.2, 0) is 6.54 Å². The molecule has 128 valence electrons. The van der Waals surface area contributed by atoms with Gasteiger partial charge in [-0.25, -0.2) is 9.78 Å². The molecule has 0 aliphatic heterocycles. The molecular formula is C19H19N3O3. The SMILES string of the molecule is CCN(Cc1ccc2nc(C)[nH]c(=O)c2c1)c1ccc(C(=O)O)cc1. The molecule has 3 rings (SSSR count). The molecular weight excluding hydrogens is 318 g/mol. The molecule has 2 N–H and O–H groups in total. The van der Waals surface area contributed by atoms with Gasteiger partial charge in [-0.15, -0.1) is 0 Å². The maximum atomic E-state index is 12.1. The molecule has 0 amide bonds. The van der Waals surface area contributed by atoms with Crippen LogP contribution < -0.4 is 10.5 Å². The Kier molecular flexibility index (Phi) is 4.52. The third kappa shape index (κ3) is 3.52. The fourth-order valence-electron chi connectivity index (χ4n) is 2.82. The lowest BCUT2D eigenvalue weighted by Gasteiger charge is -2.23. The number of rotatable bonds is 5. The molecule has 3 aromatic rings. The van der Waals surface area contributed by atoms with Crippen LogP contribution in [0.15, 0.2) is 47.3 Å². The number of hydrogen-bond donors (Lipinski definition) is 2. The van der Waals surface area contributed by atoms with E-state index in [2.05, 4.69) is 14.9 Å². The molecule has 2 aromatic carbocycles. The number of aryl methyl sites for hydroxylation is 1. The minimum atomic E-state index is -0.939. The summed E-state index contributed by atoms with van der Waals surface area (Å²) >= 11 is 0. The van der Waals surface area contributed by atoms with Gasteiger partial charge in [0.1, 0.15) is 5.82 Å². The van der Waals surface area contributed by atoms with E-state index in [-0.39, 0.29) is 11.1 Å². The molecule has 0 bridgehead atoms. The van der Waals surface area contributed by atoms with Crippen LogP contribution in [0.3, 0.4) is 0 Å². The number of benzene rings is 2. The fourth-order valence-corrected chi connectivity index (χ4v) is 2.82. The Morgan fingerprint density at radius 3 is 2.56 bits per heavy atom. The first-order chi connectivity index (χ1) is 12.0. The molecule has 0 fully saturated rings. The summed E-state index contributed by atoms with van der Waals surface area (Å²) in [5.74, 6) is -0.342. The van der Waals surface area contributed by atoms with Crippen molar-refractivity contribution >= 4 is 22.6 Å². The number of aromatic carboxylic acids is 1. The molecule has 6 nitrogen and oxygen atoms in total. The van der Waals surface area contributed by atoms with Crippen LogP contribution in [0.25, 0.3) is 10.9 Å². The molecule has 0 spiro atoms. The van der Waals surface area contributed by atoms with Crippen molar-refractivity contribution in [2.24, 2.45) is 0 Å². The fraction of sp³-hybridized carbons (Fsp3) is 0.211. The maximum Gasteiger partial charge on any atom is 0.335 e. The number of aromatic amines is 1. The van der Waals surface area contributed by atoms with Crippen molar-refractivity contribution in [2.75, 3.05) is 11.4 Å². The van der Waals surface area contributed by atoms with Gasteiger partial charge < -0.3 is 15.0 Å². The maximum absolute atomic E-state index is 12.1. The smallest absolute Gasteiger partial charge is 0.335 e. The number of H-pyrrole nitrogens is 1. The minimum absolute atomic E-state index is 0.141. The second kappa shape index (κ2) is 6.76. The van der Waals surface area contributed by atoms with Gasteiger partial charge in [0.2, 0.25) is 0 Å². The molecule has 0 saturated heterocycles. The van der Waals surface area contributed by atoms with E-state index in [9.17, 15) is 9.59 Å². The van der Waals surface area contributed by atoms with Crippen LogP contribution in [0.2, 0.25) is 0 Å². The number of nitrogens with zero attached hydrogens (tertiary/aromatic N) is 2. The second-order valence-electron chi connectivity index (χ2n) is 5.87. The number of carboxylic acids is 1. The van der Waals surface area contributed by atoms with E-state index in [0.29, 0.717) is 23.3 Å². The quantitative estimate of drug-likeness (QED) is 0.747. The molecule has 0 saturated carbocycles. The Balaban J connectivity index is 1.90. The van der Waals surface area contributed by atoms with Gasteiger partial charge in [-0.3, -0.25) is 4.79 Å². The van der Waals surface area contributed by atoms with E-state index in [1.54, 1.807) is 31.2 Å². The zero-order valence-corrected chi connectivity index (χ0v) is 14.1.